The molecule has 0 radical (unpaired) electrons. The number of unbranched alkanes of at least 4 members (excludes halogenated alkanes) is 2. The summed E-state index contributed by atoms with van der Waals surface area (Å²) in [5, 5.41) is 0. The second-order valence-corrected chi connectivity index (χ2v) is 9.22. The van der Waals surface area contributed by atoms with Gasteiger partial charge >= 0.3 is 5.97 Å². The van der Waals surface area contributed by atoms with Gasteiger partial charge in [0.1, 0.15) is 11.0 Å². The molecule has 1 fully saturated rings. The third kappa shape index (κ3) is 4.40. The maximum Gasteiger partial charge on any atom is 0.348 e. The number of hydrogen-bond donors (Lipinski definition) is 0. The van der Waals surface area contributed by atoms with Crippen LogP contribution in [0.1, 0.15) is 79.8 Å². The number of hydrogen-bond acceptors (Lipinski definition) is 4. The molecule has 3 rings (SSSR count). The Labute approximate surface area is 153 Å². The standard InChI is InChI=1S/C20H28O2S2/c1-3-5-6-7-16-12-17-18(23-16)13-19(24-17)20(21)22-15-10-8-14(4-2)9-11-15/h12-15H,3-11H2,1-2H3/t14-,15-. The van der Waals surface area contributed by atoms with Crippen molar-refractivity contribution in [3.05, 3.63) is 21.9 Å². The highest BCUT2D eigenvalue weighted by atomic mass is 32.1. The first kappa shape index (κ1) is 17.9. The van der Waals surface area contributed by atoms with E-state index in [2.05, 4.69) is 19.9 Å². The van der Waals surface area contributed by atoms with Gasteiger partial charge in [-0.2, -0.15) is 0 Å². The van der Waals surface area contributed by atoms with Crippen molar-refractivity contribution in [2.75, 3.05) is 0 Å². The van der Waals surface area contributed by atoms with E-state index in [0.29, 0.717) is 0 Å². The molecule has 132 valence electrons. The molecular weight excluding hydrogens is 336 g/mol. The van der Waals surface area contributed by atoms with Crippen molar-refractivity contribution in [2.24, 2.45) is 5.92 Å². The molecule has 0 spiro atoms. The molecule has 1 aliphatic rings. The van der Waals surface area contributed by atoms with E-state index in [0.717, 1.165) is 23.6 Å². The van der Waals surface area contributed by atoms with Gasteiger partial charge in [-0.1, -0.05) is 33.1 Å². The molecule has 0 unspecified atom stereocenters. The van der Waals surface area contributed by atoms with Gasteiger partial charge in [0.25, 0.3) is 0 Å². The fourth-order valence-electron chi connectivity index (χ4n) is 3.53. The minimum absolute atomic E-state index is 0.115. The molecule has 0 N–H and O–H groups in total. The maximum absolute atomic E-state index is 12.4. The summed E-state index contributed by atoms with van der Waals surface area (Å²) in [7, 11) is 0. The monoisotopic (exact) mass is 364 g/mol. The molecule has 0 saturated heterocycles. The molecular formula is C20H28O2S2. The fraction of sp³-hybridized carbons (Fsp3) is 0.650. The topological polar surface area (TPSA) is 26.3 Å². The van der Waals surface area contributed by atoms with Gasteiger partial charge in [0.15, 0.2) is 0 Å². The van der Waals surface area contributed by atoms with Crippen molar-refractivity contribution in [3.63, 3.8) is 0 Å². The predicted molar refractivity (Wildman–Crippen MR) is 104 cm³/mol. The summed E-state index contributed by atoms with van der Waals surface area (Å²) < 4.78 is 8.24. The quantitative estimate of drug-likeness (QED) is 0.398. The van der Waals surface area contributed by atoms with E-state index in [1.54, 1.807) is 11.3 Å². The summed E-state index contributed by atoms with van der Waals surface area (Å²) in [6.07, 6.45) is 10.8. The lowest BCUT2D eigenvalue weighted by Gasteiger charge is -2.27. The highest BCUT2D eigenvalue weighted by Gasteiger charge is 2.24. The number of carbonyl (C=O) groups is 1. The Morgan fingerprint density at radius 2 is 1.83 bits per heavy atom. The molecule has 24 heavy (non-hydrogen) atoms. The van der Waals surface area contributed by atoms with E-state index in [9.17, 15) is 4.79 Å². The van der Waals surface area contributed by atoms with Gasteiger partial charge < -0.3 is 4.74 Å². The normalized spacial score (nSPS) is 21.2. The van der Waals surface area contributed by atoms with Crippen molar-refractivity contribution >= 4 is 38.0 Å². The van der Waals surface area contributed by atoms with Crippen molar-refractivity contribution in [1.82, 2.24) is 0 Å². The molecule has 2 aromatic heterocycles. The van der Waals surface area contributed by atoms with Crippen LogP contribution in [0.5, 0.6) is 0 Å². The SMILES string of the molecule is CCCCCc1cc2sc(C(=O)O[C@H]3CC[C@H](CC)CC3)cc2s1. The van der Waals surface area contributed by atoms with Crippen LogP contribution in [0.15, 0.2) is 12.1 Å². The van der Waals surface area contributed by atoms with E-state index in [1.807, 2.05) is 17.4 Å². The van der Waals surface area contributed by atoms with Gasteiger partial charge in [-0.25, -0.2) is 4.79 Å². The lowest BCUT2D eigenvalue weighted by molar-refractivity contribution is 0.0170. The average Bonchev–Trinajstić information content (AvgIpc) is 3.14. The number of aryl methyl sites for hydroxylation is 1. The Bertz CT molecular complexity index is 631. The number of thiophene rings is 2. The van der Waals surface area contributed by atoms with Crippen LogP contribution in [0.4, 0.5) is 0 Å². The van der Waals surface area contributed by atoms with Gasteiger partial charge in [0.2, 0.25) is 0 Å². The number of fused-ring (bicyclic) bond motifs is 1. The van der Waals surface area contributed by atoms with Gasteiger partial charge in [-0.3, -0.25) is 0 Å². The Morgan fingerprint density at radius 1 is 1.08 bits per heavy atom. The second-order valence-electron chi connectivity index (χ2n) is 6.97. The first-order valence-corrected chi connectivity index (χ1v) is 11.1. The van der Waals surface area contributed by atoms with Crippen LogP contribution in [0.3, 0.4) is 0 Å². The Hall–Kier alpha value is -0.870. The Morgan fingerprint density at radius 3 is 2.50 bits per heavy atom. The van der Waals surface area contributed by atoms with E-state index in [1.165, 1.54) is 59.2 Å². The minimum atomic E-state index is -0.115. The van der Waals surface area contributed by atoms with E-state index in [-0.39, 0.29) is 12.1 Å². The zero-order chi connectivity index (χ0) is 16.9. The molecule has 1 aliphatic carbocycles. The molecule has 2 nitrogen and oxygen atoms in total. The van der Waals surface area contributed by atoms with E-state index < -0.39 is 0 Å². The summed E-state index contributed by atoms with van der Waals surface area (Å²) in [6.45, 7) is 4.49. The maximum atomic E-state index is 12.4. The number of rotatable bonds is 7. The predicted octanol–water partition coefficient (Wildman–Crippen LogP) is 6.82. The summed E-state index contributed by atoms with van der Waals surface area (Å²) in [5.41, 5.74) is 0. The average molecular weight is 365 g/mol. The molecule has 2 heterocycles. The van der Waals surface area contributed by atoms with E-state index >= 15 is 0 Å². The van der Waals surface area contributed by atoms with Crippen molar-refractivity contribution in [2.45, 2.75) is 77.7 Å². The molecule has 0 atom stereocenters. The lowest BCUT2D eigenvalue weighted by atomic mass is 9.86. The molecule has 0 amide bonds. The zero-order valence-corrected chi connectivity index (χ0v) is 16.4. The smallest absolute Gasteiger partial charge is 0.348 e. The summed E-state index contributed by atoms with van der Waals surface area (Å²) in [6, 6.07) is 4.30. The Kier molecular flexibility index (Phi) is 6.34. The number of ether oxygens (including phenoxy) is 1. The molecule has 4 heteroatoms. The summed E-state index contributed by atoms with van der Waals surface area (Å²) in [5.74, 6) is 0.717. The second kappa shape index (κ2) is 8.48. The third-order valence-corrected chi connectivity index (χ3v) is 7.46. The summed E-state index contributed by atoms with van der Waals surface area (Å²) >= 11 is 3.43. The van der Waals surface area contributed by atoms with E-state index in [4.69, 9.17) is 4.74 Å². The van der Waals surface area contributed by atoms with Crippen molar-refractivity contribution < 1.29 is 9.53 Å². The third-order valence-electron chi connectivity index (χ3n) is 5.13. The van der Waals surface area contributed by atoms with Crippen molar-refractivity contribution in [1.29, 1.82) is 0 Å². The van der Waals surface area contributed by atoms with Crippen LogP contribution in [-0.4, -0.2) is 12.1 Å². The van der Waals surface area contributed by atoms with Gasteiger partial charge in [0.05, 0.1) is 0 Å². The fourth-order valence-corrected chi connectivity index (χ4v) is 5.87. The zero-order valence-electron chi connectivity index (χ0n) is 14.8. The molecule has 2 aromatic rings. The Balaban J connectivity index is 1.56. The van der Waals surface area contributed by atoms with Gasteiger partial charge in [-0.05, 0) is 56.6 Å². The molecule has 0 aromatic carbocycles. The number of carbonyl (C=O) groups excluding carboxylic acids is 1. The first-order chi connectivity index (χ1) is 11.7. The lowest BCUT2D eigenvalue weighted by Crippen LogP contribution is -2.24. The highest BCUT2D eigenvalue weighted by molar-refractivity contribution is 7.28. The van der Waals surface area contributed by atoms with Gasteiger partial charge in [0, 0.05) is 14.3 Å². The number of esters is 1. The highest BCUT2D eigenvalue weighted by Crippen LogP contribution is 2.35. The van der Waals surface area contributed by atoms with Crippen LogP contribution >= 0.6 is 22.7 Å². The van der Waals surface area contributed by atoms with Gasteiger partial charge in [-0.15, -0.1) is 22.7 Å². The molecule has 0 bridgehead atoms. The first-order valence-electron chi connectivity index (χ1n) is 9.42. The summed E-state index contributed by atoms with van der Waals surface area (Å²) in [4.78, 5) is 14.6. The van der Waals surface area contributed by atoms with Crippen LogP contribution in [0.25, 0.3) is 9.40 Å². The van der Waals surface area contributed by atoms with Crippen LogP contribution < -0.4 is 0 Å². The van der Waals surface area contributed by atoms with Crippen LogP contribution in [0, 0.1) is 5.92 Å². The van der Waals surface area contributed by atoms with Crippen LogP contribution in [0.2, 0.25) is 0 Å². The minimum Gasteiger partial charge on any atom is -0.458 e. The van der Waals surface area contributed by atoms with Crippen LogP contribution in [-0.2, 0) is 11.2 Å². The largest absolute Gasteiger partial charge is 0.458 e. The van der Waals surface area contributed by atoms with Crippen molar-refractivity contribution in [3.8, 4) is 0 Å². The molecule has 1 saturated carbocycles. The molecule has 0 aliphatic heterocycles.